The van der Waals surface area contributed by atoms with E-state index in [9.17, 15) is 15.0 Å². The number of ether oxygens (including phenoxy) is 1. The first-order valence-corrected chi connectivity index (χ1v) is 14.3. The average molecular weight is 566 g/mol. The van der Waals surface area contributed by atoms with Gasteiger partial charge in [-0.3, -0.25) is 9.69 Å². The molecule has 2 aliphatic heterocycles. The van der Waals surface area contributed by atoms with Crippen molar-refractivity contribution in [3.8, 4) is 11.5 Å². The van der Waals surface area contributed by atoms with Crippen LogP contribution in [0.1, 0.15) is 48.8 Å². The van der Waals surface area contributed by atoms with Crippen molar-refractivity contribution in [1.82, 2.24) is 9.80 Å². The third-order valence-corrected chi connectivity index (χ3v) is 10.3. The number of aromatic hydroxyl groups is 1. The van der Waals surface area contributed by atoms with Gasteiger partial charge in [-0.1, -0.05) is 34.1 Å². The Morgan fingerprint density at radius 1 is 1.24 bits per heavy atom. The maximum absolute atomic E-state index is 13.4. The van der Waals surface area contributed by atoms with Gasteiger partial charge in [0.05, 0.1) is 17.1 Å². The van der Waals surface area contributed by atoms with Crippen molar-refractivity contribution in [1.29, 1.82) is 0 Å². The molecule has 5 atom stereocenters. The van der Waals surface area contributed by atoms with E-state index >= 15 is 0 Å². The minimum absolute atomic E-state index is 0.0364. The van der Waals surface area contributed by atoms with Crippen LogP contribution in [0.5, 0.6) is 11.5 Å². The summed E-state index contributed by atoms with van der Waals surface area (Å²) < 4.78 is 7.58. The number of benzene rings is 2. The highest BCUT2D eigenvalue weighted by Crippen LogP contribution is 2.66. The second kappa shape index (κ2) is 8.32. The molecule has 3 fully saturated rings. The van der Waals surface area contributed by atoms with Crippen molar-refractivity contribution < 1.29 is 19.7 Å². The van der Waals surface area contributed by atoms with Gasteiger partial charge in [-0.05, 0) is 86.4 Å². The fourth-order valence-corrected chi connectivity index (χ4v) is 8.33. The van der Waals surface area contributed by atoms with Gasteiger partial charge in [-0.25, -0.2) is 0 Å². The molecule has 3 aliphatic carbocycles. The van der Waals surface area contributed by atoms with Gasteiger partial charge in [0.25, 0.3) is 0 Å². The molecule has 2 aromatic carbocycles. The van der Waals surface area contributed by atoms with Crippen LogP contribution in [-0.2, 0) is 16.6 Å². The van der Waals surface area contributed by atoms with Crippen LogP contribution in [0.25, 0.3) is 6.08 Å². The molecule has 7 rings (SSSR count). The average Bonchev–Trinajstić information content (AvgIpc) is 3.62. The first-order chi connectivity index (χ1) is 17.8. The third kappa shape index (κ3) is 3.39. The van der Waals surface area contributed by atoms with Gasteiger partial charge < -0.3 is 19.8 Å². The first kappa shape index (κ1) is 23.7. The zero-order valence-corrected chi connectivity index (χ0v) is 22.7. The van der Waals surface area contributed by atoms with E-state index in [0.29, 0.717) is 18.6 Å². The van der Waals surface area contributed by atoms with E-state index in [1.807, 2.05) is 43.5 Å². The lowest BCUT2D eigenvalue weighted by Crippen LogP contribution is -2.78. The maximum Gasteiger partial charge on any atom is 0.246 e. The first-order valence-electron chi connectivity index (χ1n) is 13.5. The highest BCUT2D eigenvalue weighted by molar-refractivity contribution is 9.10. The lowest BCUT2D eigenvalue weighted by atomic mass is 9.48. The molecule has 37 heavy (non-hydrogen) atoms. The number of carbonyl (C=O) groups is 1. The number of phenols is 1. The quantitative estimate of drug-likeness (QED) is 0.531. The molecule has 0 unspecified atom stereocenters. The number of halogens is 1. The molecule has 7 heteroatoms. The lowest BCUT2D eigenvalue weighted by molar-refractivity contribution is -0.200. The van der Waals surface area contributed by atoms with Gasteiger partial charge in [-0.15, -0.1) is 0 Å². The molecule has 2 aromatic rings. The van der Waals surface area contributed by atoms with E-state index in [2.05, 4.69) is 20.8 Å². The number of likely N-dealkylation sites (tertiary alicyclic amines) is 1. The Morgan fingerprint density at radius 3 is 2.86 bits per heavy atom. The molecule has 6 nitrogen and oxygen atoms in total. The molecule has 5 aliphatic rings. The number of piperidine rings is 1. The second-order valence-corrected chi connectivity index (χ2v) is 12.6. The van der Waals surface area contributed by atoms with Crippen LogP contribution in [0.2, 0.25) is 0 Å². The van der Waals surface area contributed by atoms with Crippen molar-refractivity contribution in [2.45, 2.75) is 67.7 Å². The minimum atomic E-state index is -0.941. The van der Waals surface area contributed by atoms with E-state index in [0.717, 1.165) is 47.4 Å². The molecule has 194 valence electrons. The second-order valence-electron chi connectivity index (χ2n) is 11.7. The van der Waals surface area contributed by atoms with Crippen LogP contribution in [0.3, 0.4) is 0 Å². The normalized spacial score (nSPS) is 33.8. The number of nitrogens with zero attached hydrogens (tertiary/aromatic N) is 2. The Hall–Kier alpha value is -2.35. The summed E-state index contributed by atoms with van der Waals surface area (Å²) >= 11 is 3.48. The molecule has 1 amide bonds. The summed E-state index contributed by atoms with van der Waals surface area (Å²) in [6.07, 6.45) is 8.46. The van der Waals surface area contributed by atoms with Crippen molar-refractivity contribution in [3.63, 3.8) is 0 Å². The number of hydrogen-bond acceptors (Lipinski definition) is 5. The molecule has 2 saturated carbocycles. The van der Waals surface area contributed by atoms with E-state index in [1.165, 1.54) is 18.4 Å². The predicted octanol–water partition coefficient (Wildman–Crippen LogP) is 4.26. The van der Waals surface area contributed by atoms with Gasteiger partial charge in [0.15, 0.2) is 11.5 Å². The summed E-state index contributed by atoms with van der Waals surface area (Å²) in [5, 5.41) is 23.4. The Morgan fingerprint density at radius 2 is 2.08 bits per heavy atom. The maximum atomic E-state index is 13.4. The molecule has 0 radical (unpaired) electrons. The third-order valence-electron chi connectivity index (χ3n) is 9.84. The van der Waals surface area contributed by atoms with Crippen molar-refractivity contribution >= 4 is 27.9 Å². The summed E-state index contributed by atoms with van der Waals surface area (Å²) in [4.78, 5) is 17.7. The van der Waals surface area contributed by atoms with E-state index < -0.39 is 17.1 Å². The fraction of sp³-hybridized carbons (Fsp3) is 0.500. The number of hydrogen-bond donors (Lipinski definition) is 2. The van der Waals surface area contributed by atoms with Gasteiger partial charge in [0.1, 0.15) is 6.10 Å². The van der Waals surface area contributed by atoms with Gasteiger partial charge in [0.2, 0.25) is 5.91 Å². The summed E-state index contributed by atoms with van der Waals surface area (Å²) in [5.41, 5.74) is 1.56. The molecule has 2 bridgehead atoms. The predicted molar refractivity (Wildman–Crippen MR) is 145 cm³/mol. The number of aliphatic hydroxyl groups is 1. The van der Waals surface area contributed by atoms with Gasteiger partial charge in [0, 0.05) is 35.7 Å². The number of likely N-dealkylation sites (N-methyl/N-ethyl adjacent to an activating group) is 1. The monoisotopic (exact) mass is 564 g/mol. The molecule has 1 saturated heterocycles. The van der Waals surface area contributed by atoms with E-state index in [-0.39, 0.29) is 23.7 Å². The largest absolute Gasteiger partial charge is 0.504 e. The summed E-state index contributed by atoms with van der Waals surface area (Å²) in [7, 11) is 1.84. The highest BCUT2D eigenvalue weighted by atomic mass is 79.9. The van der Waals surface area contributed by atoms with E-state index in [4.69, 9.17) is 4.74 Å². The van der Waals surface area contributed by atoms with Gasteiger partial charge in [-0.2, -0.15) is 0 Å². The Balaban J connectivity index is 1.25. The molecule has 2 heterocycles. The van der Waals surface area contributed by atoms with Crippen LogP contribution in [-0.4, -0.2) is 69.8 Å². The van der Waals surface area contributed by atoms with Crippen LogP contribution >= 0.6 is 15.9 Å². The Kier molecular flexibility index (Phi) is 5.34. The summed E-state index contributed by atoms with van der Waals surface area (Å²) in [5.74, 6) is 1.31. The number of amides is 1. The molecule has 0 aromatic heterocycles. The number of phenolic OH excluding ortho intramolecular Hbond substituents is 1. The standard InChI is InChI=1S/C30H33BrN2O4/c1-32(25(35)10-7-18-3-2-4-21(31)15-18)22-11-12-30(36)24-16-20-8-9-23(34)27-26(20)29(30,28(22)37-27)13-14-33(24)17-19-5-6-19/h2-4,7-10,15,19,22,24,28,34,36H,5-6,11-14,16-17H2,1H3/b10-7+/t22-,24-,28+,29+,30-/m1/s1. The SMILES string of the molecule is CN(C(=O)/C=C/c1cccc(Br)c1)[C@@H]1CC[C@@]2(O)[C@H]3Cc4ccc(O)c5c4[C@@]2(CCN3CC2CC2)[C@H]1O5. The smallest absolute Gasteiger partial charge is 0.246 e. The topological polar surface area (TPSA) is 73.2 Å². The fourth-order valence-electron chi connectivity index (χ4n) is 7.91. The van der Waals surface area contributed by atoms with Crippen LogP contribution in [0.4, 0.5) is 0 Å². The van der Waals surface area contributed by atoms with Crippen molar-refractivity contribution in [2.75, 3.05) is 20.1 Å². The highest BCUT2D eigenvalue weighted by Gasteiger charge is 2.73. The number of carbonyl (C=O) groups excluding carboxylic acids is 1. The molecular formula is C30H33BrN2O4. The molecule has 2 N–H and O–H groups in total. The molecule has 1 spiro atoms. The summed E-state index contributed by atoms with van der Waals surface area (Å²) in [6.45, 7) is 1.96. The van der Waals surface area contributed by atoms with Crippen LogP contribution < -0.4 is 4.74 Å². The molecular weight excluding hydrogens is 532 g/mol. The number of rotatable bonds is 5. The van der Waals surface area contributed by atoms with Crippen LogP contribution in [0, 0.1) is 5.92 Å². The van der Waals surface area contributed by atoms with Crippen molar-refractivity contribution in [3.05, 3.63) is 63.6 Å². The zero-order chi connectivity index (χ0) is 25.5. The summed E-state index contributed by atoms with van der Waals surface area (Å²) in [6, 6.07) is 11.4. The Labute approximate surface area is 226 Å². The van der Waals surface area contributed by atoms with Gasteiger partial charge >= 0.3 is 0 Å². The van der Waals surface area contributed by atoms with Crippen LogP contribution in [0.15, 0.2) is 46.9 Å². The van der Waals surface area contributed by atoms with Crippen molar-refractivity contribution in [2.24, 2.45) is 5.92 Å². The Bertz CT molecular complexity index is 1310. The minimum Gasteiger partial charge on any atom is -0.504 e. The van der Waals surface area contributed by atoms with E-state index in [1.54, 1.807) is 17.0 Å². The zero-order valence-electron chi connectivity index (χ0n) is 21.1. The lowest BCUT2D eigenvalue weighted by Gasteiger charge is -2.64.